The van der Waals surface area contributed by atoms with Crippen LogP contribution < -0.4 is 6.15 Å². The van der Waals surface area contributed by atoms with Gasteiger partial charge in [-0.2, -0.15) is 13.2 Å². The average molecular weight is 375 g/mol. The molecule has 136 valence electrons. The van der Waals surface area contributed by atoms with Crippen LogP contribution in [-0.2, 0) is 29.2 Å². The Morgan fingerprint density at radius 3 is 1.91 bits per heavy atom. The largest absolute Gasteiger partial charge is 0.726 e. The van der Waals surface area contributed by atoms with Gasteiger partial charge < -0.3 is 15.4 Å². The molecule has 0 aliphatic heterocycles. The lowest BCUT2D eigenvalue weighted by Crippen LogP contribution is -2.34. The van der Waals surface area contributed by atoms with Crippen molar-refractivity contribution >= 4 is 20.2 Å². The first-order chi connectivity index (χ1) is 9.12. The van der Waals surface area contributed by atoms with E-state index in [2.05, 4.69) is 8.92 Å². The normalized spacial score (nSPS) is 15.9. The van der Waals surface area contributed by atoms with Crippen molar-refractivity contribution in [3.8, 4) is 0 Å². The predicted octanol–water partition coefficient (Wildman–Crippen LogP) is 0.859. The zero-order valence-corrected chi connectivity index (χ0v) is 14.0. The molecule has 0 aliphatic rings. The molecule has 22 heavy (non-hydrogen) atoms. The van der Waals surface area contributed by atoms with Gasteiger partial charge in [-0.25, -0.2) is 16.8 Å². The monoisotopic (exact) mass is 375 g/mol. The molecule has 0 fully saturated rings. The van der Waals surface area contributed by atoms with Crippen LogP contribution in [0.1, 0.15) is 13.3 Å². The standard InChI is InChI=1S/C9H17F3O7S2.H3N/c1-8(3-4-20(2,13)14,6-19-21(15,16)17)5-18-7-9(10,11)12;/h3-7H2,1-2H3,(H,15,16,17);1H3. The number of alkyl halides is 3. The number of halogens is 3. The maximum atomic E-state index is 12.0. The fourth-order valence-corrected chi connectivity index (χ4v) is 2.54. The maximum absolute atomic E-state index is 12.0. The molecule has 0 saturated carbocycles. The van der Waals surface area contributed by atoms with Gasteiger partial charge in [0.25, 0.3) is 0 Å². The van der Waals surface area contributed by atoms with E-state index in [0.717, 1.165) is 6.26 Å². The summed E-state index contributed by atoms with van der Waals surface area (Å²) in [5, 5.41) is 0. The van der Waals surface area contributed by atoms with E-state index in [1.54, 1.807) is 0 Å². The van der Waals surface area contributed by atoms with Crippen molar-refractivity contribution in [3.05, 3.63) is 0 Å². The summed E-state index contributed by atoms with van der Waals surface area (Å²) in [5.41, 5.74) is -1.37. The summed E-state index contributed by atoms with van der Waals surface area (Å²) in [6, 6.07) is 0. The molecule has 1 unspecified atom stereocenters. The molecule has 1 atom stereocenters. The lowest BCUT2D eigenvalue weighted by atomic mass is 9.90. The number of rotatable bonds is 9. The van der Waals surface area contributed by atoms with E-state index in [4.69, 9.17) is 0 Å². The van der Waals surface area contributed by atoms with Gasteiger partial charge in [-0.15, -0.1) is 0 Å². The van der Waals surface area contributed by atoms with Gasteiger partial charge in [0.2, 0.25) is 10.4 Å². The Labute approximate surface area is 127 Å². The summed E-state index contributed by atoms with van der Waals surface area (Å²) < 4.78 is 97.7. The first-order valence-electron chi connectivity index (χ1n) is 5.54. The lowest BCUT2D eigenvalue weighted by molar-refractivity contribution is -0.181. The molecule has 0 spiro atoms. The van der Waals surface area contributed by atoms with Crippen LogP contribution in [0.25, 0.3) is 0 Å². The Kier molecular flexibility index (Phi) is 9.09. The molecule has 0 aromatic heterocycles. The summed E-state index contributed by atoms with van der Waals surface area (Å²) in [6.45, 7) is -1.70. The van der Waals surface area contributed by atoms with E-state index in [0.29, 0.717) is 0 Å². The van der Waals surface area contributed by atoms with E-state index in [-0.39, 0.29) is 12.6 Å². The smallest absolute Gasteiger partial charge is 0.411 e. The number of ether oxygens (including phenoxy) is 1. The van der Waals surface area contributed by atoms with Crippen LogP contribution in [0.3, 0.4) is 0 Å². The number of sulfone groups is 1. The number of hydrogen-bond donors (Lipinski definition) is 1. The van der Waals surface area contributed by atoms with Gasteiger partial charge >= 0.3 is 6.18 Å². The minimum absolute atomic E-state index is 0. The van der Waals surface area contributed by atoms with Crippen LogP contribution in [0.2, 0.25) is 0 Å². The molecule has 0 aromatic carbocycles. The van der Waals surface area contributed by atoms with Crippen LogP contribution in [-0.4, -0.2) is 59.4 Å². The first kappa shape index (κ1) is 23.8. The molecular weight excluding hydrogens is 355 g/mol. The highest BCUT2D eigenvalue weighted by atomic mass is 32.3. The van der Waals surface area contributed by atoms with E-state index in [9.17, 15) is 34.6 Å². The highest BCUT2D eigenvalue weighted by molar-refractivity contribution is 7.90. The van der Waals surface area contributed by atoms with Crippen LogP contribution in [0.15, 0.2) is 0 Å². The van der Waals surface area contributed by atoms with Crippen molar-refractivity contribution in [1.29, 1.82) is 0 Å². The molecule has 0 amide bonds. The van der Waals surface area contributed by atoms with Gasteiger partial charge in [0.1, 0.15) is 16.4 Å². The lowest BCUT2D eigenvalue weighted by Gasteiger charge is -2.29. The minimum Gasteiger partial charge on any atom is -0.726 e. The van der Waals surface area contributed by atoms with Gasteiger partial charge in [-0.1, -0.05) is 6.92 Å². The SMILES string of the molecule is CC(CCS(C)(=O)=O)(COCC(F)(F)F)COS(=O)(=O)[O-].[NH4+]. The molecule has 0 rings (SSSR count). The second-order valence-corrected chi connectivity index (χ2v) is 8.28. The van der Waals surface area contributed by atoms with E-state index >= 15 is 0 Å². The van der Waals surface area contributed by atoms with Crippen molar-refractivity contribution in [3.63, 3.8) is 0 Å². The third-order valence-electron chi connectivity index (χ3n) is 2.34. The topological polar surface area (TPSA) is 146 Å². The molecule has 8 nitrogen and oxygen atoms in total. The third kappa shape index (κ3) is 14.5. The summed E-state index contributed by atoms with van der Waals surface area (Å²) in [6.07, 6.45) is -3.89. The second-order valence-electron chi connectivity index (χ2n) is 4.97. The van der Waals surface area contributed by atoms with Gasteiger partial charge in [-0.05, 0) is 6.42 Å². The molecule has 4 N–H and O–H groups in total. The van der Waals surface area contributed by atoms with E-state index in [1.807, 2.05) is 0 Å². The fourth-order valence-electron chi connectivity index (χ4n) is 1.25. The summed E-state index contributed by atoms with van der Waals surface area (Å²) in [5.74, 6) is -0.416. The molecule has 0 saturated heterocycles. The molecule has 13 heteroatoms. The number of hydrogen-bond acceptors (Lipinski definition) is 7. The van der Waals surface area contributed by atoms with Crippen molar-refractivity contribution in [1.82, 2.24) is 6.15 Å². The predicted molar refractivity (Wildman–Crippen MR) is 70.9 cm³/mol. The third-order valence-corrected chi connectivity index (χ3v) is 3.70. The van der Waals surface area contributed by atoms with Crippen molar-refractivity contribution < 1.29 is 43.5 Å². The van der Waals surface area contributed by atoms with Gasteiger partial charge in [-0.3, -0.25) is 4.18 Å². The maximum Gasteiger partial charge on any atom is 0.411 e. The van der Waals surface area contributed by atoms with Crippen LogP contribution in [0.5, 0.6) is 0 Å². The highest BCUT2D eigenvalue weighted by Crippen LogP contribution is 2.25. The van der Waals surface area contributed by atoms with E-state index in [1.165, 1.54) is 6.92 Å². The Balaban J connectivity index is 0. The minimum atomic E-state index is -5.04. The first-order valence-corrected chi connectivity index (χ1v) is 8.94. The summed E-state index contributed by atoms with van der Waals surface area (Å²) in [4.78, 5) is 0. The molecule has 0 aromatic rings. The van der Waals surface area contributed by atoms with E-state index < -0.39 is 57.4 Å². The van der Waals surface area contributed by atoms with Crippen molar-refractivity contribution in [2.75, 3.05) is 31.8 Å². The van der Waals surface area contributed by atoms with Gasteiger partial charge in [0, 0.05) is 11.7 Å². The Morgan fingerprint density at radius 1 is 1.05 bits per heavy atom. The quantitative estimate of drug-likeness (QED) is 0.464. The highest BCUT2D eigenvalue weighted by Gasteiger charge is 2.32. The zero-order valence-electron chi connectivity index (χ0n) is 12.3. The molecule has 0 bridgehead atoms. The fraction of sp³-hybridized carbons (Fsp3) is 1.00. The Hall–Kier alpha value is -0.470. The van der Waals surface area contributed by atoms with Gasteiger partial charge in [0.15, 0.2) is 0 Å². The Bertz CT molecular complexity index is 494. The van der Waals surface area contributed by atoms with Crippen molar-refractivity contribution in [2.45, 2.75) is 19.5 Å². The van der Waals surface area contributed by atoms with Crippen LogP contribution >= 0.6 is 0 Å². The Morgan fingerprint density at radius 2 is 1.55 bits per heavy atom. The second kappa shape index (κ2) is 8.40. The molecule has 0 heterocycles. The van der Waals surface area contributed by atoms with Gasteiger partial charge in [0.05, 0.1) is 19.0 Å². The molecular formula is C9H20F3NO7S2. The molecule has 0 radical (unpaired) electrons. The molecule has 0 aliphatic carbocycles. The zero-order chi connectivity index (χ0) is 16.9. The van der Waals surface area contributed by atoms with Crippen molar-refractivity contribution in [2.24, 2.45) is 5.41 Å². The summed E-state index contributed by atoms with van der Waals surface area (Å²) >= 11 is 0. The number of quaternary nitrogens is 1. The van der Waals surface area contributed by atoms with Crippen LogP contribution in [0.4, 0.5) is 13.2 Å². The van der Waals surface area contributed by atoms with Crippen LogP contribution in [0, 0.1) is 5.41 Å². The summed E-state index contributed by atoms with van der Waals surface area (Å²) in [7, 11) is -8.47. The average Bonchev–Trinajstić information content (AvgIpc) is 2.20.